The summed E-state index contributed by atoms with van der Waals surface area (Å²) in [7, 11) is 5.22. The van der Waals surface area contributed by atoms with Crippen LogP contribution in [0, 0.1) is 0 Å². The molecule has 1 unspecified atom stereocenters. The van der Waals surface area contributed by atoms with Gasteiger partial charge in [0.15, 0.2) is 0 Å². The van der Waals surface area contributed by atoms with Crippen LogP contribution in [0.15, 0.2) is 0 Å². The predicted octanol–water partition coefficient (Wildman–Crippen LogP) is 0.0636. The predicted molar refractivity (Wildman–Crippen MR) is 66.6 cm³/mol. The molecule has 0 radical (unpaired) electrons. The molecule has 98 valence electrons. The Hall–Kier alpha value is -1.10. The Morgan fingerprint density at radius 1 is 1.35 bits per heavy atom. The smallest absolute Gasteiger partial charge is 0.244 e. The Labute approximate surface area is 103 Å². The van der Waals surface area contributed by atoms with Crippen molar-refractivity contribution < 1.29 is 9.59 Å². The van der Waals surface area contributed by atoms with Crippen LogP contribution in [0.4, 0.5) is 0 Å². The molecule has 5 nitrogen and oxygen atoms in total. The molecule has 0 aliphatic carbocycles. The van der Waals surface area contributed by atoms with E-state index in [4.69, 9.17) is 0 Å². The molecule has 1 fully saturated rings. The highest BCUT2D eigenvalue weighted by atomic mass is 16.2. The Morgan fingerprint density at radius 3 is 2.41 bits per heavy atom. The van der Waals surface area contributed by atoms with Crippen molar-refractivity contribution in [1.82, 2.24) is 15.1 Å². The van der Waals surface area contributed by atoms with E-state index < -0.39 is 5.54 Å². The van der Waals surface area contributed by atoms with E-state index in [0.29, 0.717) is 6.54 Å². The molecular formula is C12H23N3O2. The summed E-state index contributed by atoms with van der Waals surface area (Å²) < 4.78 is 0. The second-order valence-corrected chi connectivity index (χ2v) is 5.26. The van der Waals surface area contributed by atoms with Crippen LogP contribution in [0.3, 0.4) is 0 Å². The standard InChI is InChI=1S/C12H23N3O2/c1-12(2,13-3)11(17)15-8-6-7-9(15)10(16)14(4)5/h9,13H,6-8H2,1-5H3. The minimum atomic E-state index is -0.616. The third-order valence-electron chi connectivity index (χ3n) is 3.40. The Balaban J connectivity index is 2.83. The summed E-state index contributed by atoms with van der Waals surface area (Å²) in [6.45, 7) is 4.35. The second kappa shape index (κ2) is 5.04. The lowest BCUT2D eigenvalue weighted by atomic mass is 10.0. The summed E-state index contributed by atoms with van der Waals surface area (Å²) in [4.78, 5) is 27.6. The van der Waals surface area contributed by atoms with Gasteiger partial charge in [-0.3, -0.25) is 9.59 Å². The fraction of sp³-hybridized carbons (Fsp3) is 0.833. The Kier molecular flexibility index (Phi) is 4.14. The van der Waals surface area contributed by atoms with Gasteiger partial charge in [0, 0.05) is 20.6 Å². The molecule has 2 amide bonds. The highest BCUT2D eigenvalue weighted by Crippen LogP contribution is 2.22. The molecule has 5 heteroatoms. The maximum atomic E-state index is 12.3. The fourth-order valence-electron chi connectivity index (χ4n) is 2.03. The van der Waals surface area contributed by atoms with E-state index in [2.05, 4.69) is 5.32 Å². The number of rotatable bonds is 3. The number of likely N-dealkylation sites (tertiary alicyclic amines) is 1. The maximum Gasteiger partial charge on any atom is 0.244 e. The van der Waals surface area contributed by atoms with Crippen molar-refractivity contribution in [1.29, 1.82) is 0 Å². The van der Waals surface area contributed by atoms with Gasteiger partial charge in [0.2, 0.25) is 11.8 Å². The molecule has 0 aromatic rings. The number of hydrogen-bond donors (Lipinski definition) is 1. The van der Waals surface area contributed by atoms with Gasteiger partial charge in [-0.2, -0.15) is 0 Å². The van der Waals surface area contributed by atoms with Gasteiger partial charge in [-0.1, -0.05) is 0 Å². The molecule has 0 aromatic carbocycles. The molecule has 0 spiro atoms. The number of carbonyl (C=O) groups excluding carboxylic acids is 2. The number of hydrogen-bond acceptors (Lipinski definition) is 3. The molecule has 1 aliphatic heterocycles. The van der Waals surface area contributed by atoms with Crippen LogP contribution in [0.2, 0.25) is 0 Å². The van der Waals surface area contributed by atoms with Gasteiger partial charge in [0.25, 0.3) is 0 Å². The minimum absolute atomic E-state index is 0.00213. The van der Waals surface area contributed by atoms with E-state index in [-0.39, 0.29) is 17.9 Å². The van der Waals surface area contributed by atoms with Gasteiger partial charge in [-0.15, -0.1) is 0 Å². The molecule has 0 aromatic heterocycles. The normalized spacial score (nSPS) is 20.5. The zero-order chi connectivity index (χ0) is 13.2. The quantitative estimate of drug-likeness (QED) is 0.760. The van der Waals surface area contributed by atoms with E-state index >= 15 is 0 Å². The van der Waals surface area contributed by atoms with Gasteiger partial charge in [0.05, 0.1) is 5.54 Å². The topological polar surface area (TPSA) is 52.7 Å². The first-order valence-electron chi connectivity index (χ1n) is 6.02. The lowest BCUT2D eigenvalue weighted by molar-refractivity contribution is -0.145. The lowest BCUT2D eigenvalue weighted by Gasteiger charge is -2.33. The van der Waals surface area contributed by atoms with Crippen molar-refractivity contribution in [3.05, 3.63) is 0 Å². The van der Waals surface area contributed by atoms with Crippen molar-refractivity contribution in [2.75, 3.05) is 27.7 Å². The zero-order valence-corrected chi connectivity index (χ0v) is 11.4. The summed E-state index contributed by atoms with van der Waals surface area (Å²) in [5.74, 6) is 0.0143. The van der Waals surface area contributed by atoms with E-state index in [0.717, 1.165) is 12.8 Å². The average molecular weight is 241 g/mol. The first-order valence-corrected chi connectivity index (χ1v) is 6.02. The van der Waals surface area contributed by atoms with Gasteiger partial charge in [-0.05, 0) is 33.7 Å². The van der Waals surface area contributed by atoms with Gasteiger partial charge >= 0.3 is 0 Å². The number of nitrogens with one attached hydrogen (secondary N) is 1. The van der Waals surface area contributed by atoms with E-state index in [1.165, 1.54) is 0 Å². The first-order chi connectivity index (χ1) is 7.81. The van der Waals surface area contributed by atoms with Crippen LogP contribution in [0.5, 0.6) is 0 Å². The summed E-state index contributed by atoms with van der Waals surface area (Å²) >= 11 is 0. The first kappa shape index (κ1) is 14.0. The number of carbonyl (C=O) groups is 2. The molecule has 1 aliphatic rings. The van der Waals surface area contributed by atoms with Crippen LogP contribution >= 0.6 is 0 Å². The van der Waals surface area contributed by atoms with Crippen LogP contribution in [-0.4, -0.2) is 60.9 Å². The van der Waals surface area contributed by atoms with E-state index in [1.54, 1.807) is 30.9 Å². The molecule has 0 bridgehead atoms. The average Bonchev–Trinajstić information content (AvgIpc) is 2.75. The highest BCUT2D eigenvalue weighted by Gasteiger charge is 2.40. The second-order valence-electron chi connectivity index (χ2n) is 5.26. The van der Waals surface area contributed by atoms with Gasteiger partial charge < -0.3 is 15.1 Å². The van der Waals surface area contributed by atoms with Gasteiger partial charge in [0.1, 0.15) is 6.04 Å². The van der Waals surface area contributed by atoms with Crippen molar-refractivity contribution in [2.24, 2.45) is 0 Å². The summed E-state index contributed by atoms with van der Waals surface area (Å²) in [5.41, 5.74) is -0.616. The minimum Gasteiger partial charge on any atom is -0.347 e. The molecule has 0 saturated carbocycles. The monoisotopic (exact) mass is 241 g/mol. The highest BCUT2D eigenvalue weighted by molar-refractivity contribution is 5.92. The van der Waals surface area contributed by atoms with Crippen molar-refractivity contribution in [2.45, 2.75) is 38.3 Å². The zero-order valence-electron chi connectivity index (χ0n) is 11.4. The van der Waals surface area contributed by atoms with Crippen LogP contribution in [0.25, 0.3) is 0 Å². The van der Waals surface area contributed by atoms with Crippen molar-refractivity contribution in [3.8, 4) is 0 Å². The lowest BCUT2D eigenvalue weighted by Crippen LogP contribution is -2.56. The molecule has 17 heavy (non-hydrogen) atoms. The Bertz CT molecular complexity index is 313. The summed E-state index contributed by atoms with van der Waals surface area (Å²) in [5, 5.41) is 2.99. The van der Waals surface area contributed by atoms with E-state index in [1.807, 2.05) is 13.8 Å². The van der Waals surface area contributed by atoms with Crippen molar-refractivity contribution in [3.63, 3.8) is 0 Å². The number of amides is 2. The Morgan fingerprint density at radius 2 is 1.94 bits per heavy atom. The number of nitrogens with zero attached hydrogens (tertiary/aromatic N) is 2. The largest absolute Gasteiger partial charge is 0.347 e. The fourth-order valence-corrected chi connectivity index (χ4v) is 2.03. The molecule has 1 atom stereocenters. The summed E-state index contributed by atoms with van der Waals surface area (Å²) in [6.07, 6.45) is 1.67. The molecule has 1 N–H and O–H groups in total. The van der Waals surface area contributed by atoms with Crippen LogP contribution < -0.4 is 5.32 Å². The van der Waals surface area contributed by atoms with E-state index in [9.17, 15) is 9.59 Å². The molecule has 1 heterocycles. The SMILES string of the molecule is CNC(C)(C)C(=O)N1CCCC1C(=O)N(C)C. The molecular weight excluding hydrogens is 218 g/mol. The third-order valence-corrected chi connectivity index (χ3v) is 3.40. The van der Waals surface area contributed by atoms with Gasteiger partial charge in [-0.25, -0.2) is 0 Å². The molecule has 1 saturated heterocycles. The number of likely N-dealkylation sites (N-methyl/N-ethyl adjacent to an activating group) is 2. The molecule has 1 rings (SSSR count). The van der Waals surface area contributed by atoms with Crippen LogP contribution in [0.1, 0.15) is 26.7 Å². The van der Waals surface area contributed by atoms with Crippen molar-refractivity contribution >= 4 is 11.8 Å². The summed E-state index contributed by atoms with van der Waals surface area (Å²) in [6, 6.07) is -0.287. The third kappa shape index (κ3) is 2.77. The maximum absolute atomic E-state index is 12.3. The van der Waals surface area contributed by atoms with Crippen LogP contribution in [-0.2, 0) is 9.59 Å².